The van der Waals surface area contributed by atoms with Crippen LogP contribution >= 0.6 is 0 Å². The van der Waals surface area contributed by atoms with Gasteiger partial charge in [0.15, 0.2) is 0 Å². The van der Waals surface area contributed by atoms with E-state index in [4.69, 9.17) is 0 Å². The van der Waals surface area contributed by atoms with Gasteiger partial charge in [-0.05, 0) is 37.0 Å². The van der Waals surface area contributed by atoms with Crippen LogP contribution in [0.1, 0.15) is 28.8 Å². The van der Waals surface area contributed by atoms with Gasteiger partial charge in [-0.25, -0.2) is 0 Å². The first kappa shape index (κ1) is 14.8. The first-order valence-electron chi connectivity index (χ1n) is 6.38. The summed E-state index contributed by atoms with van der Waals surface area (Å²) in [4.78, 5) is 13.5. The number of alkyl halides is 3. The Bertz CT molecular complexity index is 495. The topological polar surface area (TPSA) is 40.5 Å². The number of aliphatic hydroxyl groups is 1. The third kappa shape index (κ3) is 3.30. The van der Waals surface area contributed by atoms with Gasteiger partial charge >= 0.3 is 6.18 Å². The average Bonchev–Trinajstić information content (AvgIpc) is 2.35. The quantitative estimate of drug-likeness (QED) is 0.928. The molecule has 110 valence electrons. The normalized spacial score (nSPS) is 22.2. The second-order valence-electron chi connectivity index (χ2n) is 5.26. The molecule has 1 fully saturated rings. The summed E-state index contributed by atoms with van der Waals surface area (Å²) in [7, 11) is 1.56. The number of hydrogen-bond donors (Lipinski definition) is 1. The zero-order chi connectivity index (χ0) is 14.9. The zero-order valence-corrected chi connectivity index (χ0v) is 11.0. The maximum absolute atomic E-state index is 12.6. The minimum absolute atomic E-state index is 0.0298. The maximum Gasteiger partial charge on any atom is 0.416 e. The Kier molecular flexibility index (Phi) is 4.04. The molecule has 1 aromatic carbocycles. The van der Waals surface area contributed by atoms with E-state index in [1.54, 1.807) is 7.05 Å². The molecule has 2 rings (SSSR count). The highest BCUT2D eigenvalue weighted by atomic mass is 19.4. The number of halogens is 3. The molecule has 0 unspecified atom stereocenters. The van der Waals surface area contributed by atoms with Crippen molar-refractivity contribution in [3.63, 3.8) is 0 Å². The second kappa shape index (κ2) is 5.44. The first-order valence-corrected chi connectivity index (χ1v) is 6.38. The number of rotatable bonds is 3. The van der Waals surface area contributed by atoms with E-state index >= 15 is 0 Å². The van der Waals surface area contributed by atoms with Crippen LogP contribution in [0, 0.1) is 5.92 Å². The molecule has 1 aromatic rings. The van der Waals surface area contributed by atoms with Gasteiger partial charge in [0.1, 0.15) is 0 Å². The molecule has 6 heteroatoms. The van der Waals surface area contributed by atoms with Crippen molar-refractivity contribution in [2.75, 3.05) is 13.6 Å². The summed E-state index contributed by atoms with van der Waals surface area (Å²) in [6.07, 6.45) is -3.48. The minimum atomic E-state index is -4.45. The lowest BCUT2D eigenvalue weighted by Gasteiger charge is -2.34. The molecule has 0 heterocycles. The van der Waals surface area contributed by atoms with E-state index in [9.17, 15) is 23.1 Å². The van der Waals surface area contributed by atoms with Gasteiger partial charge in [0, 0.05) is 19.2 Å². The summed E-state index contributed by atoms with van der Waals surface area (Å²) in [5, 5.41) is 9.18. The van der Waals surface area contributed by atoms with Crippen molar-refractivity contribution in [1.29, 1.82) is 0 Å². The summed E-state index contributed by atoms with van der Waals surface area (Å²) < 4.78 is 37.8. The molecule has 0 radical (unpaired) electrons. The van der Waals surface area contributed by atoms with Gasteiger partial charge in [-0.2, -0.15) is 13.2 Å². The van der Waals surface area contributed by atoms with Gasteiger partial charge in [-0.3, -0.25) is 4.79 Å². The number of benzene rings is 1. The Balaban J connectivity index is 2.05. The number of aliphatic hydroxyl groups excluding tert-OH is 1. The Hall–Kier alpha value is -1.56. The predicted molar refractivity (Wildman–Crippen MR) is 67.1 cm³/mol. The first-order chi connectivity index (χ1) is 9.27. The van der Waals surface area contributed by atoms with E-state index in [1.807, 2.05) is 0 Å². The maximum atomic E-state index is 12.6. The third-order valence-corrected chi connectivity index (χ3v) is 3.53. The molecule has 1 amide bonds. The van der Waals surface area contributed by atoms with Crippen molar-refractivity contribution >= 4 is 5.91 Å². The summed E-state index contributed by atoms with van der Waals surface area (Å²) in [6, 6.07) is 4.42. The van der Waals surface area contributed by atoms with E-state index < -0.39 is 17.6 Å². The molecule has 3 nitrogen and oxygen atoms in total. The molecule has 0 atom stereocenters. The largest absolute Gasteiger partial charge is 0.416 e. The summed E-state index contributed by atoms with van der Waals surface area (Å²) in [5.74, 6) is -0.206. The summed E-state index contributed by atoms with van der Waals surface area (Å²) in [5.41, 5.74) is -0.794. The van der Waals surface area contributed by atoms with Crippen LogP contribution in [-0.2, 0) is 6.18 Å². The smallest absolute Gasteiger partial charge is 0.393 e. The van der Waals surface area contributed by atoms with Gasteiger partial charge in [0.25, 0.3) is 5.91 Å². The van der Waals surface area contributed by atoms with Crippen molar-refractivity contribution in [3.05, 3.63) is 35.4 Å². The van der Waals surface area contributed by atoms with Crippen molar-refractivity contribution < 1.29 is 23.1 Å². The fourth-order valence-corrected chi connectivity index (χ4v) is 2.37. The van der Waals surface area contributed by atoms with E-state index in [0.29, 0.717) is 19.4 Å². The second-order valence-corrected chi connectivity index (χ2v) is 5.26. The average molecular weight is 287 g/mol. The van der Waals surface area contributed by atoms with E-state index in [-0.39, 0.29) is 17.6 Å². The molecule has 1 N–H and O–H groups in total. The number of amides is 1. The van der Waals surface area contributed by atoms with Crippen molar-refractivity contribution in [2.24, 2.45) is 5.92 Å². The molecular weight excluding hydrogens is 271 g/mol. The fraction of sp³-hybridized carbons (Fsp3) is 0.500. The molecule has 0 aromatic heterocycles. The van der Waals surface area contributed by atoms with Crippen LogP contribution in [0.25, 0.3) is 0 Å². The van der Waals surface area contributed by atoms with Crippen LogP contribution in [0.15, 0.2) is 24.3 Å². The third-order valence-electron chi connectivity index (χ3n) is 3.53. The van der Waals surface area contributed by atoms with Gasteiger partial charge in [-0.1, -0.05) is 6.07 Å². The molecule has 1 aliphatic rings. The lowest BCUT2D eigenvalue weighted by atomic mass is 9.82. The molecular formula is C14H16F3NO2. The lowest BCUT2D eigenvalue weighted by Crippen LogP contribution is -2.39. The monoisotopic (exact) mass is 287 g/mol. The minimum Gasteiger partial charge on any atom is -0.393 e. The SMILES string of the molecule is CN(CC1CC(O)C1)C(=O)c1cccc(C(F)(F)F)c1. The van der Waals surface area contributed by atoms with Crippen LogP contribution in [0.4, 0.5) is 13.2 Å². The highest BCUT2D eigenvalue weighted by molar-refractivity contribution is 5.94. The molecule has 1 saturated carbocycles. The highest BCUT2D eigenvalue weighted by Crippen LogP contribution is 2.30. The number of carbonyl (C=O) groups excluding carboxylic acids is 1. The van der Waals surface area contributed by atoms with Crippen molar-refractivity contribution in [1.82, 2.24) is 4.90 Å². The van der Waals surface area contributed by atoms with Gasteiger partial charge < -0.3 is 10.0 Å². The van der Waals surface area contributed by atoms with Crippen molar-refractivity contribution in [3.8, 4) is 0 Å². The van der Waals surface area contributed by atoms with Gasteiger partial charge in [0.05, 0.1) is 11.7 Å². The van der Waals surface area contributed by atoms with Gasteiger partial charge in [-0.15, -0.1) is 0 Å². The highest BCUT2D eigenvalue weighted by Gasteiger charge is 2.32. The number of hydrogen-bond acceptors (Lipinski definition) is 2. The molecule has 0 aliphatic heterocycles. The number of nitrogens with zero attached hydrogens (tertiary/aromatic N) is 1. The standard InChI is InChI=1S/C14H16F3NO2/c1-18(8-9-5-12(19)6-9)13(20)10-3-2-4-11(7-10)14(15,16)17/h2-4,7,9,12,19H,5-6,8H2,1H3. The van der Waals surface area contributed by atoms with Gasteiger partial charge in [0.2, 0.25) is 0 Å². The molecule has 20 heavy (non-hydrogen) atoms. The van der Waals surface area contributed by atoms with Crippen molar-refractivity contribution in [2.45, 2.75) is 25.1 Å². The Labute approximate surface area is 115 Å². The Morgan fingerprint density at radius 2 is 2.05 bits per heavy atom. The predicted octanol–water partition coefficient (Wildman–Crippen LogP) is 2.55. The van der Waals surface area contributed by atoms with Crippen LogP contribution in [0.5, 0.6) is 0 Å². The van der Waals surface area contributed by atoms with Crippen LogP contribution < -0.4 is 0 Å². The molecule has 0 saturated heterocycles. The molecule has 0 spiro atoms. The van der Waals surface area contributed by atoms with Crippen LogP contribution in [0.3, 0.4) is 0 Å². The number of carbonyl (C=O) groups is 1. The van der Waals surface area contributed by atoms with Crippen LogP contribution in [0.2, 0.25) is 0 Å². The van der Waals surface area contributed by atoms with Crippen LogP contribution in [-0.4, -0.2) is 35.6 Å². The molecule has 0 bridgehead atoms. The van der Waals surface area contributed by atoms with E-state index in [2.05, 4.69) is 0 Å². The van der Waals surface area contributed by atoms with E-state index in [0.717, 1.165) is 12.1 Å². The summed E-state index contributed by atoms with van der Waals surface area (Å²) in [6.45, 7) is 0.451. The molecule has 1 aliphatic carbocycles. The fourth-order valence-electron chi connectivity index (χ4n) is 2.37. The van der Waals surface area contributed by atoms with E-state index in [1.165, 1.54) is 17.0 Å². The summed E-state index contributed by atoms with van der Waals surface area (Å²) >= 11 is 0. The zero-order valence-electron chi connectivity index (χ0n) is 11.0. The Morgan fingerprint density at radius 1 is 1.40 bits per heavy atom. The Morgan fingerprint density at radius 3 is 2.60 bits per heavy atom. The lowest BCUT2D eigenvalue weighted by molar-refractivity contribution is -0.137.